The van der Waals surface area contributed by atoms with Gasteiger partial charge in [-0.2, -0.15) is 0 Å². The zero-order chi connectivity index (χ0) is 18.0. The third-order valence-corrected chi connectivity index (χ3v) is 5.16. The van der Waals surface area contributed by atoms with Crippen molar-refractivity contribution in [2.75, 3.05) is 13.2 Å². The summed E-state index contributed by atoms with van der Waals surface area (Å²) in [4.78, 5) is 27.4. The molecule has 5 nitrogen and oxygen atoms in total. The molecule has 4 rings (SSSR count). The average molecular weight is 350 g/mol. The van der Waals surface area contributed by atoms with Gasteiger partial charge in [0.05, 0.1) is 12.6 Å². The molecular formula is C21H22N2O3. The lowest BCUT2D eigenvalue weighted by Crippen LogP contribution is -2.46. The predicted octanol–water partition coefficient (Wildman–Crippen LogP) is 2.86. The van der Waals surface area contributed by atoms with E-state index in [9.17, 15) is 9.59 Å². The number of urea groups is 1. The Bertz CT molecular complexity index is 787. The van der Waals surface area contributed by atoms with Crippen LogP contribution >= 0.6 is 0 Å². The minimum Gasteiger partial charge on any atom is -0.376 e. The summed E-state index contributed by atoms with van der Waals surface area (Å²) in [5.41, 5.74) is 0.735. The zero-order valence-corrected chi connectivity index (χ0v) is 14.6. The summed E-state index contributed by atoms with van der Waals surface area (Å²) in [6, 6.07) is 18.9. The normalized spacial score (nSPS) is 25.5. The van der Waals surface area contributed by atoms with E-state index in [4.69, 9.17) is 4.74 Å². The van der Waals surface area contributed by atoms with Gasteiger partial charge in [0.1, 0.15) is 0 Å². The highest BCUT2D eigenvalue weighted by atomic mass is 16.5. The van der Waals surface area contributed by atoms with Crippen LogP contribution in [-0.2, 0) is 21.5 Å². The molecule has 2 fully saturated rings. The van der Waals surface area contributed by atoms with Gasteiger partial charge in [-0.25, -0.2) is 4.79 Å². The molecule has 0 spiro atoms. The van der Waals surface area contributed by atoms with Crippen molar-refractivity contribution in [3.63, 3.8) is 0 Å². The van der Waals surface area contributed by atoms with Crippen LogP contribution in [0.2, 0.25) is 0 Å². The van der Waals surface area contributed by atoms with Gasteiger partial charge in [0.2, 0.25) is 0 Å². The second-order valence-electron chi connectivity index (χ2n) is 6.91. The van der Waals surface area contributed by atoms with Crippen molar-refractivity contribution in [2.24, 2.45) is 0 Å². The van der Waals surface area contributed by atoms with Crippen LogP contribution in [0.1, 0.15) is 24.0 Å². The van der Waals surface area contributed by atoms with E-state index < -0.39 is 5.54 Å². The standard InChI is InChI=1S/C21H22N2O3/c24-19-21(17-10-5-2-6-11-17,14-16-8-3-1-4-9-16)22-20(25)23(19)15-18-12-7-13-26-18/h1-6,8-11,18H,7,12-15H2,(H,22,25). The molecule has 2 atom stereocenters. The summed E-state index contributed by atoms with van der Waals surface area (Å²) in [6.45, 7) is 1.01. The SMILES string of the molecule is O=C1NC(Cc2ccccc2)(c2ccccc2)C(=O)N1CC1CCCO1. The van der Waals surface area contributed by atoms with Crippen LogP contribution in [0.3, 0.4) is 0 Å². The van der Waals surface area contributed by atoms with Crippen LogP contribution in [0, 0.1) is 0 Å². The van der Waals surface area contributed by atoms with Gasteiger partial charge in [-0.3, -0.25) is 9.69 Å². The van der Waals surface area contributed by atoms with E-state index in [0.717, 1.165) is 24.0 Å². The topological polar surface area (TPSA) is 58.6 Å². The smallest absolute Gasteiger partial charge is 0.325 e. The number of imide groups is 1. The van der Waals surface area contributed by atoms with E-state index in [1.165, 1.54) is 4.90 Å². The minimum atomic E-state index is -1.07. The van der Waals surface area contributed by atoms with Gasteiger partial charge >= 0.3 is 6.03 Å². The van der Waals surface area contributed by atoms with E-state index in [2.05, 4.69) is 5.32 Å². The summed E-state index contributed by atoms with van der Waals surface area (Å²) >= 11 is 0. The molecule has 5 heteroatoms. The Morgan fingerprint density at radius 3 is 2.38 bits per heavy atom. The van der Waals surface area contributed by atoms with Crippen LogP contribution in [0.25, 0.3) is 0 Å². The first-order valence-corrected chi connectivity index (χ1v) is 9.04. The molecule has 0 aromatic heterocycles. The highest BCUT2D eigenvalue weighted by molar-refractivity contribution is 6.07. The average Bonchev–Trinajstić information content (AvgIpc) is 3.27. The molecule has 0 aliphatic carbocycles. The first kappa shape index (κ1) is 16.8. The van der Waals surface area contributed by atoms with E-state index in [1.54, 1.807) is 0 Å². The molecule has 1 N–H and O–H groups in total. The fraction of sp³-hybridized carbons (Fsp3) is 0.333. The van der Waals surface area contributed by atoms with Crippen molar-refractivity contribution in [2.45, 2.75) is 30.9 Å². The molecule has 2 saturated heterocycles. The number of hydrogen-bond acceptors (Lipinski definition) is 3. The van der Waals surface area contributed by atoms with Crippen molar-refractivity contribution in [3.8, 4) is 0 Å². The molecule has 2 aromatic rings. The van der Waals surface area contributed by atoms with Gasteiger partial charge in [-0.05, 0) is 24.0 Å². The number of nitrogens with zero attached hydrogens (tertiary/aromatic N) is 1. The van der Waals surface area contributed by atoms with Crippen LogP contribution < -0.4 is 5.32 Å². The highest BCUT2D eigenvalue weighted by Gasteiger charge is 2.52. The molecular weight excluding hydrogens is 328 g/mol. The molecule has 134 valence electrons. The van der Waals surface area contributed by atoms with Crippen molar-refractivity contribution < 1.29 is 14.3 Å². The van der Waals surface area contributed by atoms with Gasteiger partial charge < -0.3 is 10.1 Å². The molecule has 2 aliphatic heterocycles. The fourth-order valence-electron chi connectivity index (χ4n) is 3.83. The molecule has 2 heterocycles. The van der Waals surface area contributed by atoms with E-state index in [0.29, 0.717) is 19.6 Å². The van der Waals surface area contributed by atoms with Crippen LogP contribution in [0.15, 0.2) is 60.7 Å². The van der Waals surface area contributed by atoms with Crippen LogP contribution in [0.5, 0.6) is 0 Å². The van der Waals surface area contributed by atoms with Crippen molar-refractivity contribution in [3.05, 3.63) is 71.8 Å². The largest absolute Gasteiger partial charge is 0.376 e. The van der Waals surface area contributed by atoms with Crippen LogP contribution in [0.4, 0.5) is 4.79 Å². The zero-order valence-electron chi connectivity index (χ0n) is 14.6. The number of carbonyl (C=O) groups is 2. The van der Waals surface area contributed by atoms with Gasteiger partial charge in [0, 0.05) is 13.0 Å². The van der Waals surface area contributed by atoms with Crippen molar-refractivity contribution in [1.29, 1.82) is 0 Å². The Morgan fingerprint density at radius 2 is 1.73 bits per heavy atom. The maximum Gasteiger partial charge on any atom is 0.325 e. The predicted molar refractivity (Wildman–Crippen MR) is 97.5 cm³/mol. The Kier molecular flexibility index (Phi) is 4.47. The summed E-state index contributed by atoms with van der Waals surface area (Å²) in [7, 11) is 0. The summed E-state index contributed by atoms with van der Waals surface area (Å²) in [5, 5.41) is 2.99. The Morgan fingerprint density at radius 1 is 1.04 bits per heavy atom. The second-order valence-corrected chi connectivity index (χ2v) is 6.91. The second kappa shape index (κ2) is 6.92. The number of carbonyl (C=O) groups excluding carboxylic acids is 2. The van der Waals surface area contributed by atoms with Gasteiger partial charge in [0.25, 0.3) is 5.91 Å². The lowest BCUT2D eigenvalue weighted by molar-refractivity contribution is -0.132. The van der Waals surface area contributed by atoms with Gasteiger partial charge in [-0.15, -0.1) is 0 Å². The number of amides is 3. The molecule has 0 saturated carbocycles. The lowest BCUT2D eigenvalue weighted by Gasteiger charge is -2.28. The summed E-state index contributed by atoms with van der Waals surface area (Å²) in [5.74, 6) is -0.201. The number of benzene rings is 2. The summed E-state index contributed by atoms with van der Waals surface area (Å²) < 4.78 is 5.63. The maximum absolute atomic E-state index is 13.4. The monoisotopic (exact) mass is 350 g/mol. The third kappa shape index (κ3) is 2.99. The minimum absolute atomic E-state index is 0.0620. The van der Waals surface area contributed by atoms with Crippen molar-refractivity contribution >= 4 is 11.9 Å². The molecule has 3 amide bonds. The van der Waals surface area contributed by atoms with Gasteiger partial charge in [0.15, 0.2) is 5.54 Å². The quantitative estimate of drug-likeness (QED) is 0.844. The van der Waals surface area contributed by atoms with Crippen molar-refractivity contribution in [1.82, 2.24) is 10.2 Å². The van der Waals surface area contributed by atoms with Crippen LogP contribution in [-0.4, -0.2) is 36.1 Å². The highest BCUT2D eigenvalue weighted by Crippen LogP contribution is 2.33. The third-order valence-electron chi connectivity index (χ3n) is 5.16. The molecule has 26 heavy (non-hydrogen) atoms. The van der Waals surface area contributed by atoms with E-state index in [1.807, 2.05) is 60.7 Å². The number of hydrogen-bond donors (Lipinski definition) is 1. The number of ether oxygens (including phenoxy) is 1. The Hall–Kier alpha value is -2.66. The molecule has 0 bridgehead atoms. The molecule has 2 unspecified atom stereocenters. The van der Waals surface area contributed by atoms with E-state index >= 15 is 0 Å². The first-order valence-electron chi connectivity index (χ1n) is 9.04. The summed E-state index contributed by atoms with van der Waals surface area (Å²) in [6.07, 6.45) is 2.22. The number of nitrogens with one attached hydrogen (secondary N) is 1. The lowest BCUT2D eigenvalue weighted by atomic mass is 9.83. The Labute approximate surface area is 153 Å². The fourth-order valence-corrected chi connectivity index (χ4v) is 3.83. The molecule has 2 aromatic carbocycles. The maximum atomic E-state index is 13.4. The number of rotatable bonds is 5. The van der Waals surface area contributed by atoms with E-state index in [-0.39, 0.29) is 18.0 Å². The van der Waals surface area contributed by atoms with Gasteiger partial charge in [-0.1, -0.05) is 60.7 Å². The molecule has 0 radical (unpaired) electrons. The Balaban J connectivity index is 1.69. The molecule has 2 aliphatic rings. The first-order chi connectivity index (χ1) is 12.7.